The van der Waals surface area contributed by atoms with Crippen molar-refractivity contribution in [1.29, 1.82) is 0 Å². The van der Waals surface area contributed by atoms with E-state index in [1.165, 1.54) is 16.9 Å². The van der Waals surface area contributed by atoms with Crippen LogP contribution in [0.25, 0.3) is 10.4 Å². The second kappa shape index (κ2) is 4.17. The number of hydrogen-bond acceptors (Lipinski definition) is 2. The van der Waals surface area contributed by atoms with Crippen molar-refractivity contribution < 1.29 is 4.79 Å². The Bertz CT molecular complexity index is 502. The number of aldehydes is 1. The van der Waals surface area contributed by atoms with Crippen LogP contribution in [0.1, 0.15) is 15.2 Å². The predicted octanol–water partition coefficient (Wildman–Crippen LogP) is 4.19. The molecule has 0 radical (unpaired) electrons. The fourth-order valence-electron chi connectivity index (χ4n) is 1.42. The molecule has 2 rings (SSSR count). The fourth-order valence-corrected chi connectivity index (χ4v) is 2.50. The molecule has 1 nitrogen and oxygen atoms in total. The standard InChI is InChI=1S/C12H9ClOS/c1-8-2-3-9(13)6-11(8)12-5-4-10(7-14)15-12/h2-7H,1H3. The van der Waals surface area contributed by atoms with Gasteiger partial charge >= 0.3 is 0 Å². The molecule has 76 valence electrons. The quantitative estimate of drug-likeness (QED) is 0.715. The highest BCUT2D eigenvalue weighted by Crippen LogP contribution is 2.31. The van der Waals surface area contributed by atoms with Crippen molar-refractivity contribution in [2.75, 3.05) is 0 Å². The molecular formula is C12H9ClOS. The Morgan fingerprint density at radius 1 is 1.27 bits per heavy atom. The van der Waals surface area contributed by atoms with E-state index in [4.69, 9.17) is 11.6 Å². The van der Waals surface area contributed by atoms with E-state index in [-0.39, 0.29) is 0 Å². The summed E-state index contributed by atoms with van der Waals surface area (Å²) in [6.45, 7) is 2.03. The minimum absolute atomic E-state index is 0.719. The van der Waals surface area contributed by atoms with Crippen LogP contribution in [0.3, 0.4) is 0 Å². The first kappa shape index (κ1) is 10.4. The SMILES string of the molecule is Cc1ccc(Cl)cc1-c1ccc(C=O)s1. The van der Waals surface area contributed by atoms with E-state index >= 15 is 0 Å². The monoisotopic (exact) mass is 236 g/mol. The number of aryl methyl sites for hydroxylation is 1. The molecule has 0 spiro atoms. The van der Waals surface area contributed by atoms with E-state index < -0.39 is 0 Å². The van der Waals surface area contributed by atoms with Crippen molar-refractivity contribution in [3.63, 3.8) is 0 Å². The van der Waals surface area contributed by atoms with E-state index in [0.717, 1.165) is 26.6 Å². The Kier molecular flexibility index (Phi) is 2.89. The Balaban J connectivity index is 2.52. The normalized spacial score (nSPS) is 10.3. The largest absolute Gasteiger partial charge is 0.297 e. The maximum atomic E-state index is 10.6. The van der Waals surface area contributed by atoms with Crippen LogP contribution in [0.15, 0.2) is 30.3 Å². The fraction of sp³-hybridized carbons (Fsp3) is 0.0833. The molecule has 3 heteroatoms. The van der Waals surface area contributed by atoms with Crippen molar-refractivity contribution >= 4 is 29.2 Å². The molecule has 1 aromatic heterocycles. The second-order valence-electron chi connectivity index (χ2n) is 3.28. The van der Waals surface area contributed by atoms with Gasteiger partial charge in [-0.25, -0.2) is 0 Å². The van der Waals surface area contributed by atoms with E-state index in [1.807, 2.05) is 37.3 Å². The first-order valence-corrected chi connectivity index (χ1v) is 5.71. The van der Waals surface area contributed by atoms with Gasteiger partial charge in [0.1, 0.15) is 0 Å². The molecule has 2 aromatic rings. The van der Waals surface area contributed by atoms with Crippen LogP contribution in [-0.2, 0) is 0 Å². The number of hydrogen-bond donors (Lipinski definition) is 0. The van der Waals surface area contributed by atoms with Crippen LogP contribution in [0.4, 0.5) is 0 Å². The van der Waals surface area contributed by atoms with Crippen LogP contribution < -0.4 is 0 Å². The molecule has 0 aliphatic heterocycles. The van der Waals surface area contributed by atoms with Crippen molar-refractivity contribution in [1.82, 2.24) is 0 Å². The minimum atomic E-state index is 0.719. The van der Waals surface area contributed by atoms with Gasteiger partial charge in [-0.1, -0.05) is 17.7 Å². The Labute approximate surface area is 97.3 Å². The molecule has 0 atom stereocenters. The lowest BCUT2D eigenvalue weighted by Crippen LogP contribution is -1.79. The molecule has 1 heterocycles. The third kappa shape index (κ3) is 2.11. The molecule has 0 unspecified atom stereocenters. The van der Waals surface area contributed by atoms with Gasteiger partial charge in [0.2, 0.25) is 0 Å². The first-order chi connectivity index (χ1) is 7.20. The number of halogens is 1. The Morgan fingerprint density at radius 2 is 2.07 bits per heavy atom. The third-order valence-corrected chi connectivity index (χ3v) is 3.49. The molecule has 1 aromatic carbocycles. The van der Waals surface area contributed by atoms with Crippen molar-refractivity contribution in [3.05, 3.63) is 45.8 Å². The average molecular weight is 237 g/mol. The topological polar surface area (TPSA) is 17.1 Å². The number of thiophene rings is 1. The lowest BCUT2D eigenvalue weighted by Gasteiger charge is -2.02. The molecule has 0 bridgehead atoms. The predicted molar refractivity (Wildman–Crippen MR) is 64.9 cm³/mol. The van der Waals surface area contributed by atoms with Crippen LogP contribution in [0.5, 0.6) is 0 Å². The maximum Gasteiger partial charge on any atom is 0.160 e. The van der Waals surface area contributed by atoms with Gasteiger partial charge in [0.25, 0.3) is 0 Å². The Morgan fingerprint density at radius 3 is 2.73 bits per heavy atom. The highest BCUT2D eigenvalue weighted by atomic mass is 35.5. The highest BCUT2D eigenvalue weighted by Gasteiger charge is 2.05. The molecule has 0 aliphatic rings. The lowest BCUT2D eigenvalue weighted by molar-refractivity contribution is 0.112. The first-order valence-electron chi connectivity index (χ1n) is 4.52. The minimum Gasteiger partial charge on any atom is -0.297 e. The van der Waals surface area contributed by atoms with Crippen LogP contribution in [-0.4, -0.2) is 6.29 Å². The van der Waals surface area contributed by atoms with E-state index in [1.54, 1.807) is 0 Å². The molecule has 0 saturated carbocycles. The molecule has 15 heavy (non-hydrogen) atoms. The van der Waals surface area contributed by atoms with Gasteiger partial charge in [-0.2, -0.15) is 0 Å². The highest BCUT2D eigenvalue weighted by molar-refractivity contribution is 7.17. The van der Waals surface area contributed by atoms with Gasteiger partial charge in [0.15, 0.2) is 6.29 Å². The smallest absolute Gasteiger partial charge is 0.160 e. The second-order valence-corrected chi connectivity index (χ2v) is 4.83. The molecule has 0 amide bonds. The lowest BCUT2D eigenvalue weighted by atomic mass is 10.1. The van der Waals surface area contributed by atoms with Gasteiger partial charge in [-0.3, -0.25) is 4.79 Å². The van der Waals surface area contributed by atoms with Gasteiger partial charge in [-0.05, 0) is 42.3 Å². The summed E-state index contributed by atoms with van der Waals surface area (Å²) in [5.41, 5.74) is 2.26. The van der Waals surface area contributed by atoms with Gasteiger partial charge in [-0.15, -0.1) is 11.3 Å². The molecule has 0 N–H and O–H groups in total. The van der Waals surface area contributed by atoms with E-state index in [0.29, 0.717) is 0 Å². The van der Waals surface area contributed by atoms with Crippen molar-refractivity contribution in [2.45, 2.75) is 6.92 Å². The molecule has 0 aliphatic carbocycles. The van der Waals surface area contributed by atoms with Crippen molar-refractivity contribution in [2.24, 2.45) is 0 Å². The van der Waals surface area contributed by atoms with Crippen LogP contribution >= 0.6 is 22.9 Å². The summed E-state index contributed by atoms with van der Waals surface area (Å²) in [4.78, 5) is 12.4. The van der Waals surface area contributed by atoms with Gasteiger partial charge < -0.3 is 0 Å². The summed E-state index contributed by atoms with van der Waals surface area (Å²) < 4.78 is 0. The van der Waals surface area contributed by atoms with E-state index in [9.17, 15) is 4.79 Å². The summed E-state index contributed by atoms with van der Waals surface area (Å²) in [5.74, 6) is 0. The van der Waals surface area contributed by atoms with E-state index in [2.05, 4.69) is 0 Å². The number of rotatable bonds is 2. The average Bonchev–Trinajstić information content (AvgIpc) is 2.70. The number of carbonyl (C=O) groups excluding carboxylic acids is 1. The van der Waals surface area contributed by atoms with Gasteiger partial charge in [0, 0.05) is 9.90 Å². The summed E-state index contributed by atoms with van der Waals surface area (Å²) in [5, 5.41) is 0.719. The zero-order valence-electron chi connectivity index (χ0n) is 8.16. The van der Waals surface area contributed by atoms with Crippen LogP contribution in [0, 0.1) is 6.92 Å². The summed E-state index contributed by atoms with van der Waals surface area (Å²) in [6.07, 6.45) is 0.869. The Hall–Kier alpha value is -1.12. The maximum absolute atomic E-state index is 10.6. The van der Waals surface area contributed by atoms with Crippen molar-refractivity contribution in [3.8, 4) is 10.4 Å². The van der Waals surface area contributed by atoms with Crippen LogP contribution in [0.2, 0.25) is 5.02 Å². The number of carbonyl (C=O) groups is 1. The summed E-state index contributed by atoms with van der Waals surface area (Å²) in [6, 6.07) is 9.56. The van der Waals surface area contributed by atoms with Gasteiger partial charge in [0.05, 0.1) is 4.88 Å². The summed E-state index contributed by atoms with van der Waals surface area (Å²) in [7, 11) is 0. The zero-order valence-corrected chi connectivity index (χ0v) is 9.73. The number of benzene rings is 1. The summed E-state index contributed by atoms with van der Waals surface area (Å²) >= 11 is 7.42. The molecule has 0 fully saturated rings. The molecule has 0 saturated heterocycles. The zero-order chi connectivity index (χ0) is 10.8. The molecular weight excluding hydrogens is 228 g/mol. The third-order valence-electron chi connectivity index (χ3n) is 2.21.